The van der Waals surface area contributed by atoms with Gasteiger partial charge in [-0.05, 0) is 93.0 Å². The van der Waals surface area contributed by atoms with Crippen LogP contribution in [-0.2, 0) is 4.79 Å². The van der Waals surface area contributed by atoms with E-state index in [1.165, 1.54) is 6.42 Å². The Balaban J connectivity index is 1.27. The maximum Gasteiger partial charge on any atom is 0.253 e. The molecular formula is C32H44N2O3. The topological polar surface area (TPSA) is 49.9 Å². The van der Waals surface area contributed by atoms with E-state index in [-0.39, 0.29) is 5.91 Å². The molecule has 2 aliphatic carbocycles. The molecule has 4 rings (SSSR count). The first kappa shape index (κ1) is 27.2. The number of hydrogen-bond acceptors (Lipinski definition) is 3. The summed E-state index contributed by atoms with van der Waals surface area (Å²) < 4.78 is 6.08. The van der Waals surface area contributed by atoms with Gasteiger partial charge in [-0.3, -0.25) is 9.59 Å². The number of benzene rings is 1. The fraction of sp³-hybridized carbons (Fsp3) is 0.562. The highest BCUT2D eigenvalue weighted by molar-refractivity contribution is 5.95. The van der Waals surface area contributed by atoms with Gasteiger partial charge >= 0.3 is 0 Å². The van der Waals surface area contributed by atoms with Gasteiger partial charge in [0.1, 0.15) is 5.75 Å². The molecule has 3 fully saturated rings. The largest absolute Gasteiger partial charge is 0.494 e. The third-order valence-corrected chi connectivity index (χ3v) is 9.33. The number of allylic oxidation sites excluding steroid dienone is 3. The van der Waals surface area contributed by atoms with Gasteiger partial charge in [0.15, 0.2) is 0 Å². The van der Waals surface area contributed by atoms with Crippen molar-refractivity contribution in [1.29, 1.82) is 0 Å². The van der Waals surface area contributed by atoms with Gasteiger partial charge < -0.3 is 14.5 Å². The lowest BCUT2D eigenvalue weighted by molar-refractivity contribution is -0.141. The van der Waals surface area contributed by atoms with Crippen LogP contribution >= 0.6 is 0 Å². The Hall–Kier alpha value is -2.82. The first-order chi connectivity index (χ1) is 17.8. The minimum Gasteiger partial charge on any atom is -0.494 e. The average Bonchev–Trinajstić information content (AvgIpc) is 3.32. The molecule has 0 bridgehead atoms. The van der Waals surface area contributed by atoms with E-state index in [1.807, 2.05) is 51.2 Å². The molecule has 0 radical (unpaired) electrons. The SMILES string of the molecule is C=C/C=C(\C=C)C1(C(=O)N2CCC3(CC2)C[C@@H]3CCOc2ccc(C(=O)N(C)CC)c(C)c2)CCCC1. The lowest BCUT2D eigenvalue weighted by Gasteiger charge is -2.40. The summed E-state index contributed by atoms with van der Waals surface area (Å²) in [5, 5.41) is 0. The van der Waals surface area contributed by atoms with E-state index in [9.17, 15) is 9.59 Å². The fourth-order valence-corrected chi connectivity index (χ4v) is 6.70. The molecule has 0 unspecified atom stereocenters. The molecule has 1 aromatic carbocycles. The van der Waals surface area contributed by atoms with Crippen LogP contribution in [0.3, 0.4) is 0 Å². The zero-order valence-corrected chi connectivity index (χ0v) is 23.1. The van der Waals surface area contributed by atoms with Crippen molar-refractivity contribution in [2.45, 2.75) is 65.2 Å². The van der Waals surface area contributed by atoms with E-state index in [0.29, 0.717) is 30.4 Å². The molecule has 5 heteroatoms. The highest BCUT2D eigenvalue weighted by Gasteiger charge is 2.55. The van der Waals surface area contributed by atoms with Gasteiger partial charge in [-0.2, -0.15) is 0 Å². The van der Waals surface area contributed by atoms with Crippen LogP contribution in [0.15, 0.2) is 55.2 Å². The minimum atomic E-state index is -0.401. The van der Waals surface area contributed by atoms with E-state index in [4.69, 9.17) is 4.74 Å². The average molecular weight is 505 g/mol. The molecule has 3 aliphatic rings. The monoisotopic (exact) mass is 504 g/mol. The van der Waals surface area contributed by atoms with Crippen molar-refractivity contribution >= 4 is 11.8 Å². The lowest BCUT2D eigenvalue weighted by atomic mass is 9.76. The van der Waals surface area contributed by atoms with Crippen molar-refractivity contribution in [2.75, 3.05) is 33.3 Å². The summed E-state index contributed by atoms with van der Waals surface area (Å²) >= 11 is 0. The van der Waals surface area contributed by atoms with Crippen LogP contribution < -0.4 is 4.74 Å². The summed E-state index contributed by atoms with van der Waals surface area (Å²) in [6, 6.07) is 5.76. The van der Waals surface area contributed by atoms with Gasteiger partial charge in [0.2, 0.25) is 5.91 Å². The molecule has 0 aromatic heterocycles. The molecule has 5 nitrogen and oxygen atoms in total. The predicted molar refractivity (Wildman–Crippen MR) is 150 cm³/mol. The number of likely N-dealkylation sites (tertiary alicyclic amines) is 1. The van der Waals surface area contributed by atoms with Crippen molar-refractivity contribution < 1.29 is 14.3 Å². The van der Waals surface area contributed by atoms with E-state index < -0.39 is 5.41 Å². The highest BCUT2D eigenvalue weighted by Crippen LogP contribution is 2.61. The van der Waals surface area contributed by atoms with Gasteiger partial charge in [0.25, 0.3) is 5.91 Å². The number of hydrogen-bond donors (Lipinski definition) is 0. The molecular weight excluding hydrogens is 460 g/mol. The Bertz CT molecular complexity index is 1060. The van der Waals surface area contributed by atoms with Gasteiger partial charge in [-0.25, -0.2) is 0 Å². The second-order valence-electron chi connectivity index (χ2n) is 11.3. The molecule has 37 heavy (non-hydrogen) atoms. The number of rotatable bonds is 10. The second kappa shape index (κ2) is 11.3. The molecule has 1 aliphatic heterocycles. The second-order valence-corrected chi connectivity index (χ2v) is 11.3. The van der Waals surface area contributed by atoms with Gasteiger partial charge in [0.05, 0.1) is 12.0 Å². The Kier molecular flexibility index (Phi) is 8.30. The van der Waals surface area contributed by atoms with Crippen molar-refractivity contribution in [2.24, 2.45) is 16.7 Å². The highest BCUT2D eigenvalue weighted by atomic mass is 16.5. The third kappa shape index (κ3) is 5.42. The van der Waals surface area contributed by atoms with Crippen LogP contribution in [-0.4, -0.2) is 54.9 Å². The van der Waals surface area contributed by atoms with Crippen molar-refractivity contribution in [3.8, 4) is 5.75 Å². The number of nitrogens with zero attached hydrogens (tertiary/aromatic N) is 2. The van der Waals surface area contributed by atoms with Crippen molar-refractivity contribution in [3.05, 3.63) is 66.3 Å². The van der Waals surface area contributed by atoms with Crippen LogP contribution in [0.1, 0.15) is 74.2 Å². The molecule has 1 spiro atoms. The van der Waals surface area contributed by atoms with Crippen molar-refractivity contribution in [3.63, 3.8) is 0 Å². The van der Waals surface area contributed by atoms with Gasteiger partial charge in [-0.1, -0.05) is 44.2 Å². The Morgan fingerprint density at radius 2 is 1.86 bits per heavy atom. The van der Waals surface area contributed by atoms with Crippen LogP contribution in [0, 0.1) is 23.7 Å². The van der Waals surface area contributed by atoms with Crippen molar-refractivity contribution in [1.82, 2.24) is 9.80 Å². The minimum absolute atomic E-state index is 0.0487. The summed E-state index contributed by atoms with van der Waals surface area (Å²) in [6.07, 6.45) is 14.1. The lowest BCUT2D eigenvalue weighted by Crippen LogP contribution is -2.47. The van der Waals surface area contributed by atoms with Gasteiger partial charge in [0, 0.05) is 32.2 Å². The number of carbonyl (C=O) groups excluding carboxylic acids is 2. The fourth-order valence-electron chi connectivity index (χ4n) is 6.70. The van der Waals surface area contributed by atoms with E-state index in [1.54, 1.807) is 11.0 Å². The standard InChI is InChI=1S/C32H44N2O3/c1-6-11-25(7-2)32(15-9-10-16-32)30(36)34-19-17-31(18-20-34)23-26(31)14-21-37-27-12-13-28(24(4)22-27)29(35)33(5)8-3/h6-7,11-13,22,26H,1-2,8-10,14-21,23H2,3-5H3/b25-11+/t26-/m0/s1. The Labute approximate surface area is 223 Å². The molecule has 1 saturated heterocycles. The predicted octanol–water partition coefficient (Wildman–Crippen LogP) is 6.34. The number of amides is 2. The zero-order chi connectivity index (χ0) is 26.6. The number of ether oxygens (including phenoxy) is 1. The Morgan fingerprint density at radius 3 is 2.46 bits per heavy atom. The summed E-state index contributed by atoms with van der Waals surface area (Å²) in [4.78, 5) is 30.1. The van der Waals surface area contributed by atoms with Crippen LogP contribution in [0.5, 0.6) is 5.75 Å². The van der Waals surface area contributed by atoms with Crippen LogP contribution in [0.2, 0.25) is 0 Å². The van der Waals surface area contributed by atoms with Gasteiger partial charge in [-0.15, -0.1) is 0 Å². The first-order valence-electron chi connectivity index (χ1n) is 14.0. The number of carbonyl (C=O) groups is 2. The molecule has 2 amide bonds. The summed E-state index contributed by atoms with van der Waals surface area (Å²) in [6.45, 7) is 14.9. The molecule has 200 valence electrons. The molecule has 1 aromatic rings. The van der Waals surface area contributed by atoms with E-state index in [0.717, 1.165) is 80.5 Å². The first-order valence-corrected chi connectivity index (χ1v) is 14.0. The smallest absolute Gasteiger partial charge is 0.253 e. The molecule has 1 heterocycles. The zero-order valence-electron chi connectivity index (χ0n) is 23.1. The maximum atomic E-state index is 13.7. The Morgan fingerprint density at radius 1 is 1.16 bits per heavy atom. The molecule has 1 atom stereocenters. The summed E-state index contributed by atoms with van der Waals surface area (Å²) in [7, 11) is 1.82. The van der Waals surface area contributed by atoms with Crippen LogP contribution in [0.4, 0.5) is 0 Å². The number of aryl methyl sites for hydroxylation is 1. The van der Waals surface area contributed by atoms with E-state index >= 15 is 0 Å². The maximum absolute atomic E-state index is 13.7. The molecule has 0 N–H and O–H groups in total. The molecule has 2 saturated carbocycles. The summed E-state index contributed by atoms with van der Waals surface area (Å²) in [5.41, 5.74) is 2.71. The number of piperidine rings is 1. The van der Waals surface area contributed by atoms with E-state index in [2.05, 4.69) is 18.1 Å². The van der Waals surface area contributed by atoms with Crippen LogP contribution in [0.25, 0.3) is 0 Å². The quantitative estimate of drug-likeness (QED) is 0.349. The normalized spacial score (nSPS) is 22.0. The summed E-state index contributed by atoms with van der Waals surface area (Å²) in [5.74, 6) is 1.86. The third-order valence-electron chi connectivity index (χ3n) is 9.33.